The van der Waals surface area contributed by atoms with E-state index in [1.165, 1.54) is 0 Å². The van der Waals surface area contributed by atoms with Crippen molar-refractivity contribution in [2.24, 2.45) is 11.8 Å². The molecule has 3 aliphatic heterocycles. The molecular formula is C13H16O6. The zero-order valence-corrected chi connectivity index (χ0v) is 10.5. The Morgan fingerprint density at radius 1 is 1.26 bits per heavy atom. The van der Waals surface area contributed by atoms with Gasteiger partial charge in [0.05, 0.1) is 13.0 Å². The van der Waals surface area contributed by atoms with Crippen LogP contribution < -0.4 is 0 Å². The summed E-state index contributed by atoms with van der Waals surface area (Å²) in [5.74, 6) is -0.585. The number of esters is 1. The van der Waals surface area contributed by atoms with E-state index in [4.69, 9.17) is 18.9 Å². The molecular weight excluding hydrogens is 252 g/mol. The lowest BCUT2D eigenvalue weighted by atomic mass is 9.59. The summed E-state index contributed by atoms with van der Waals surface area (Å²) in [5, 5.41) is 0. The Bertz CT molecular complexity index is 437. The van der Waals surface area contributed by atoms with Crippen LogP contribution in [0.15, 0.2) is 0 Å². The van der Waals surface area contributed by atoms with Crippen molar-refractivity contribution in [1.82, 2.24) is 0 Å². The quantitative estimate of drug-likeness (QED) is 0.506. The molecule has 1 aliphatic carbocycles. The van der Waals surface area contributed by atoms with Crippen molar-refractivity contribution in [2.75, 3.05) is 13.2 Å². The largest absolute Gasteiger partial charge is 0.462 e. The molecule has 0 amide bonds. The lowest BCUT2D eigenvalue weighted by molar-refractivity contribution is -0.282. The molecule has 0 radical (unpaired) electrons. The van der Waals surface area contributed by atoms with Gasteiger partial charge in [0.15, 0.2) is 0 Å². The van der Waals surface area contributed by atoms with Crippen LogP contribution in [0.25, 0.3) is 0 Å². The molecule has 4 aliphatic rings. The van der Waals surface area contributed by atoms with Gasteiger partial charge in [0, 0.05) is 18.3 Å². The topological polar surface area (TPSA) is 71.1 Å². The first kappa shape index (κ1) is 11.8. The van der Waals surface area contributed by atoms with Crippen molar-refractivity contribution in [1.29, 1.82) is 0 Å². The predicted octanol–water partition coefficient (Wildman–Crippen LogP) is 0.387. The van der Waals surface area contributed by atoms with Gasteiger partial charge in [-0.3, -0.25) is 4.79 Å². The number of cyclic esters (lactones) is 1. The molecule has 19 heavy (non-hydrogen) atoms. The van der Waals surface area contributed by atoms with Gasteiger partial charge >= 0.3 is 5.97 Å². The highest BCUT2D eigenvalue weighted by Crippen LogP contribution is 2.58. The Balaban J connectivity index is 1.79. The van der Waals surface area contributed by atoms with Crippen LogP contribution in [0, 0.1) is 11.8 Å². The van der Waals surface area contributed by atoms with Gasteiger partial charge in [0.1, 0.15) is 24.1 Å². The van der Waals surface area contributed by atoms with Crippen molar-refractivity contribution >= 4 is 12.3 Å². The fourth-order valence-electron chi connectivity index (χ4n) is 4.19. The summed E-state index contributed by atoms with van der Waals surface area (Å²) >= 11 is 0. The van der Waals surface area contributed by atoms with Gasteiger partial charge in [-0.05, 0) is 12.8 Å². The number of carbonyl (C=O) groups is 2. The Morgan fingerprint density at radius 2 is 2.16 bits per heavy atom. The van der Waals surface area contributed by atoms with Crippen LogP contribution in [0.1, 0.15) is 25.7 Å². The number of ether oxygens (including phenoxy) is 4. The van der Waals surface area contributed by atoms with E-state index in [9.17, 15) is 9.59 Å². The lowest BCUT2D eigenvalue weighted by Gasteiger charge is -2.53. The van der Waals surface area contributed by atoms with Crippen molar-refractivity contribution in [3.05, 3.63) is 0 Å². The molecule has 5 atom stereocenters. The van der Waals surface area contributed by atoms with Gasteiger partial charge in [0.25, 0.3) is 6.48 Å². The number of carbonyl (C=O) groups excluding carboxylic acids is 2. The number of hydrogen-bond acceptors (Lipinski definition) is 6. The minimum Gasteiger partial charge on any atom is -0.462 e. The van der Waals surface area contributed by atoms with Crippen LogP contribution in [0.2, 0.25) is 0 Å². The maximum atomic E-state index is 11.6. The summed E-state index contributed by atoms with van der Waals surface area (Å²) in [7, 11) is 0. The van der Waals surface area contributed by atoms with Gasteiger partial charge in [-0.15, -0.1) is 0 Å². The van der Waals surface area contributed by atoms with E-state index >= 15 is 0 Å². The Morgan fingerprint density at radius 3 is 3.00 bits per heavy atom. The fourth-order valence-corrected chi connectivity index (χ4v) is 4.19. The summed E-state index contributed by atoms with van der Waals surface area (Å²) in [6, 6.07) is 0. The number of aldehydes is 1. The predicted molar refractivity (Wildman–Crippen MR) is 59.8 cm³/mol. The van der Waals surface area contributed by atoms with E-state index in [1.54, 1.807) is 0 Å². The standard InChI is InChI=1S/C13H16O6/c14-6-8-1-2-12-3-4-16-11(18-12)19-13(12)7-17-10(15)5-9(8)13/h6,8-9,11H,1-5,7H2. The van der Waals surface area contributed by atoms with Gasteiger partial charge in [-0.1, -0.05) is 0 Å². The first-order valence-electron chi connectivity index (χ1n) is 6.77. The highest BCUT2D eigenvalue weighted by molar-refractivity contribution is 5.72. The molecule has 2 bridgehead atoms. The normalized spacial score (nSPS) is 52.0. The lowest BCUT2D eigenvalue weighted by Crippen LogP contribution is -2.66. The van der Waals surface area contributed by atoms with E-state index in [1.807, 2.05) is 0 Å². The number of rotatable bonds is 1. The average Bonchev–Trinajstić information content (AvgIpc) is 2.64. The smallest absolute Gasteiger partial charge is 0.306 e. The molecule has 0 N–H and O–H groups in total. The molecule has 0 aromatic rings. The third-order valence-electron chi connectivity index (χ3n) is 5.17. The van der Waals surface area contributed by atoms with E-state index in [0.29, 0.717) is 6.61 Å². The number of hydrogen-bond donors (Lipinski definition) is 0. The summed E-state index contributed by atoms with van der Waals surface area (Å²) in [6.07, 6.45) is 3.39. The molecule has 4 fully saturated rings. The molecule has 104 valence electrons. The van der Waals surface area contributed by atoms with Crippen molar-refractivity contribution < 1.29 is 28.5 Å². The second-order valence-electron chi connectivity index (χ2n) is 5.84. The summed E-state index contributed by atoms with van der Waals surface area (Å²) < 4.78 is 22.6. The molecule has 0 aromatic heterocycles. The van der Waals surface area contributed by atoms with Gasteiger partial charge in [-0.2, -0.15) is 0 Å². The highest BCUT2D eigenvalue weighted by Gasteiger charge is 2.71. The van der Waals surface area contributed by atoms with Crippen LogP contribution in [0.4, 0.5) is 0 Å². The Labute approximate surface area is 110 Å². The molecule has 3 saturated heterocycles. The summed E-state index contributed by atoms with van der Waals surface area (Å²) in [6.45, 7) is 0.0676. The molecule has 4 rings (SSSR count). The minimum atomic E-state index is -0.702. The molecule has 0 aromatic carbocycles. The second-order valence-corrected chi connectivity index (χ2v) is 5.84. The monoisotopic (exact) mass is 268 g/mol. The third-order valence-corrected chi connectivity index (χ3v) is 5.17. The van der Waals surface area contributed by atoms with Crippen molar-refractivity contribution in [2.45, 2.75) is 43.4 Å². The van der Waals surface area contributed by atoms with Crippen LogP contribution in [-0.2, 0) is 28.5 Å². The van der Waals surface area contributed by atoms with E-state index in [0.717, 1.165) is 25.5 Å². The molecule has 2 spiro atoms. The molecule has 1 saturated carbocycles. The van der Waals surface area contributed by atoms with E-state index in [2.05, 4.69) is 0 Å². The minimum absolute atomic E-state index is 0.160. The van der Waals surface area contributed by atoms with E-state index < -0.39 is 17.7 Å². The second kappa shape index (κ2) is 3.77. The van der Waals surface area contributed by atoms with Crippen LogP contribution in [0.5, 0.6) is 0 Å². The first-order valence-corrected chi connectivity index (χ1v) is 6.77. The van der Waals surface area contributed by atoms with Crippen LogP contribution >= 0.6 is 0 Å². The fraction of sp³-hybridized carbons (Fsp3) is 0.846. The third kappa shape index (κ3) is 1.37. The zero-order valence-electron chi connectivity index (χ0n) is 10.5. The molecule has 5 unspecified atom stereocenters. The maximum Gasteiger partial charge on any atom is 0.306 e. The van der Waals surface area contributed by atoms with Crippen molar-refractivity contribution in [3.63, 3.8) is 0 Å². The van der Waals surface area contributed by atoms with Gasteiger partial charge in [0.2, 0.25) is 0 Å². The van der Waals surface area contributed by atoms with E-state index in [-0.39, 0.29) is 30.8 Å². The Hall–Kier alpha value is -0.980. The molecule has 3 heterocycles. The van der Waals surface area contributed by atoms with Crippen molar-refractivity contribution in [3.8, 4) is 0 Å². The molecule has 6 nitrogen and oxygen atoms in total. The van der Waals surface area contributed by atoms with Gasteiger partial charge < -0.3 is 23.7 Å². The molecule has 6 heteroatoms. The van der Waals surface area contributed by atoms with Crippen LogP contribution in [0.3, 0.4) is 0 Å². The zero-order chi connectivity index (χ0) is 13.1. The Kier molecular flexibility index (Phi) is 2.35. The maximum absolute atomic E-state index is 11.6. The highest BCUT2D eigenvalue weighted by atomic mass is 16.9. The SMILES string of the molecule is O=CC1CCC23CCOC(O2)OC32COC(=O)CC12. The van der Waals surface area contributed by atoms with Gasteiger partial charge in [-0.25, -0.2) is 0 Å². The first-order chi connectivity index (χ1) is 9.19. The van der Waals surface area contributed by atoms with Crippen LogP contribution in [-0.4, -0.2) is 43.1 Å². The average molecular weight is 268 g/mol. The summed E-state index contributed by atoms with van der Waals surface area (Å²) in [4.78, 5) is 22.9. The summed E-state index contributed by atoms with van der Waals surface area (Å²) in [5.41, 5.74) is -1.16. The number of fused-ring (bicyclic) bond motifs is 1.